The summed E-state index contributed by atoms with van der Waals surface area (Å²) in [6.07, 6.45) is 1.08. The van der Waals surface area contributed by atoms with E-state index >= 15 is 0 Å². The summed E-state index contributed by atoms with van der Waals surface area (Å²) >= 11 is 0. The first kappa shape index (κ1) is 5.13. The van der Waals surface area contributed by atoms with Gasteiger partial charge in [0.1, 0.15) is 0 Å². The average molecular weight is 97.9 g/mol. The van der Waals surface area contributed by atoms with Crippen LogP contribution in [-0.2, 0) is 4.84 Å². The van der Waals surface area contributed by atoms with Gasteiger partial charge in [0.25, 0.3) is 0 Å². The van der Waals surface area contributed by atoms with Crippen molar-refractivity contribution in [3.63, 3.8) is 0 Å². The topological polar surface area (TPSA) is 12.5 Å². The lowest BCUT2D eigenvalue weighted by molar-refractivity contribution is -0.0562. The molecule has 1 saturated heterocycles. The van der Waals surface area contributed by atoms with E-state index in [-0.39, 0.29) is 0 Å². The molecular weight excluding hydrogens is 88.9 g/mol. The van der Waals surface area contributed by atoms with Gasteiger partial charge in [0.05, 0.1) is 6.61 Å². The van der Waals surface area contributed by atoms with Crippen LogP contribution in [0.15, 0.2) is 0 Å². The Kier molecular flexibility index (Phi) is 1.71. The minimum atomic E-state index is 0.869. The molecule has 0 amide bonds. The summed E-state index contributed by atoms with van der Waals surface area (Å²) in [7, 11) is 2.07. The van der Waals surface area contributed by atoms with Crippen LogP contribution >= 0.6 is 0 Å². The Balaban J connectivity index is 2.14. The predicted molar refractivity (Wildman–Crippen MR) is 28.9 cm³/mol. The third kappa shape index (κ3) is 1.18. The first-order valence-corrected chi connectivity index (χ1v) is 2.66. The van der Waals surface area contributed by atoms with Gasteiger partial charge in [-0.2, -0.15) is 0 Å². The van der Waals surface area contributed by atoms with Crippen molar-refractivity contribution >= 4 is 7.41 Å². The lowest BCUT2D eigenvalue weighted by atomic mass is 9.91. The van der Waals surface area contributed by atoms with E-state index in [0.717, 1.165) is 19.5 Å². The summed E-state index contributed by atoms with van der Waals surface area (Å²) in [5, 5.41) is 0. The van der Waals surface area contributed by atoms with Crippen LogP contribution in [0.5, 0.6) is 0 Å². The van der Waals surface area contributed by atoms with Crippen molar-refractivity contribution in [2.24, 2.45) is 0 Å². The van der Waals surface area contributed by atoms with E-state index < -0.39 is 0 Å². The molecule has 0 atom stereocenters. The lowest BCUT2D eigenvalue weighted by Crippen LogP contribution is -2.18. The van der Waals surface area contributed by atoms with Gasteiger partial charge in [-0.1, -0.05) is 6.92 Å². The van der Waals surface area contributed by atoms with Gasteiger partial charge in [-0.25, -0.2) is 4.97 Å². The zero-order valence-corrected chi connectivity index (χ0v) is 4.55. The molecule has 0 aromatic carbocycles. The van der Waals surface area contributed by atoms with Crippen molar-refractivity contribution in [2.45, 2.75) is 13.2 Å². The summed E-state index contributed by atoms with van der Waals surface area (Å²) in [6.45, 7) is 3.91. The Morgan fingerprint density at radius 3 is 3.00 bits per heavy atom. The summed E-state index contributed by atoms with van der Waals surface area (Å²) in [5.41, 5.74) is 0. The Morgan fingerprint density at radius 1 is 1.86 bits per heavy atom. The van der Waals surface area contributed by atoms with Crippen LogP contribution in [0, 0.1) is 0 Å². The van der Waals surface area contributed by atoms with Crippen LogP contribution in [-0.4, -0.2) is 25.5 Å². The van der Waals surface area contributed by atoms with Crippen LogP contribution in [0.3, 0.4) is 0 Å². The SMILES string of the molecule is CCN1[B]CCO1. The molecule has 7 heavy (non-hydrogen) atoms. The Hall–Kier alpha value is -0.0151. The number of rotatable bonds is 1. The molecule has 3 heteroatoms. The van der Waals surface area contributed by atoms with Crippen LogP contribution in [0.4, 0.5) is 0 Å². The molecule has 0 bridgehead atoms. The lowest BCUT2D eigenvalue weighted by Gasteiger charge is -2.07. The molecule has 0 saturated carbocycles. The first-order valence-electron chi connectivity index (χ1n) is 2.66. The maximum absolute atomic E-state index is 5.08. The third-order valence-corrected chi connectivity index (χ3v) is 1.02. The molecule has 1 fully saturated rings. The molecule has 0 unspecified atom stereocenters. The second-order valence-corrected chi connectivity index (χ2v) is 1.54. The number of nitrogens with zero attached hydrogens (tertiary/aromatic N) is 1. The molecule has 0 aromatic heterocycles. The van der Waals surface area contributed by atoms with E-state index in [1.807, 2.05) is 4.97 Å². The summed E-state index contributed by atoms with van der Waals surface area (Å²) in [6, 6.07) is 0. The fourth-order valence-corrected chi connectivity index (χ4v) is 0.640. The number of hydrogen-bond acceptors (Lipinski definition) is 2. The predicted octanol–water partition coefficient (Wildman–Crippen LogP) is 0.291. The molecule has 1 aliphatic rings. The largest absolute Gasteiger partial charge is 0.312 e. The third-order valence-electron chi connectivity index (χ3n) is 1.02. The van der Waals surface area contributed by atoms with Gasteiger partial charge in [0, 0.05) is 6.54 Å². The van der Waals surface area contributed by atoms with E-state index in [0.29, 0.717) is 0 Å². The van der Waals surface area contributed by atoms with Crippen LogP contribution < -0.4 is 0 Å². The van der Waals surface area contributed by atoms with Gasteiger partial charge in [0.15, 0.2) is 0 Å². The quantitative estimate of drug-likeness (QED) is 0.437. The second-order valence-electron chi connectivity index (χ2n) is 1.54. The van der Waals surface area contributed by atoms with Crippen molar-refractivity contribution < 1.29 is 4.84 Å². The van der Waals surface area contributed by atoms with Gasteiger partial charge in [-0.3, -0.25) is 0 Å². The maximum atomic E-state index is 5.08. The molecule has 1 heterocycles. The highest BCUT2D eigenvalue weighted by atomic mass is 16.7. The Labute approximate surface area is 44.7 Å². The fourth-order valence-electron chi connectivity index (χ4n) is 0.640. The van der Waals surface area contributed by atoms with Crippen LogP contribution in [0.25, 0.3) is 0 Å². The van der Waals surface area contributed by atoms with E-state index in [1.54, 1.807) is 0 Å². The van der Waals surface area contributed by atoms with Crippen molar-refractivity contribution in [1.29, 1.82) is 0 Å². The van der Waals surface area contributed by atoms with Gasteiger partial charge in [-0.15, -0.1) is 0 Å². The molecule has 0 spiro atoms. The average Bonchev–Trinajstić information content (AvgIpc) is 2.14. The fraction of sp³-hybridized carbons (Fsp3) is 1.00. The Morgan fingerprint density at radius 2 is 2.71 bits per heavy atom. The van der Waals surface area contributed by atoms with E-state index in [4.69, 9.17) is 4.84 Å². The number of hydroxylamine groups is 1. The zero-order valence-electron chi connectivity index (χ0n) is 4.55. The van der Waals surface area contributed by atoms with Gasteiger partial charge >= 0.3 is 0 Å². The highest BCUT2D eigenvalue weighted by Gasteiger charge is 2.10. The van der Waals surface area contributed by atoms with E-state index in [9.17, 15) is 0 Å². The highest BCUT2D eigenvalue weighted by molar-refractivity contribution is 6.32. The van der Waals surface area contributed by atoms with Crippen molar-refractivity contribution in [3.8, 4) is 0 Å². The monoisotopic (exact) mass is 98.1 g/mol. The zero-order chi connectivity index (χ0) is 5.11. The molecule has 1 aliphatic heterocycles. The molecule has 39 valence electrons. The molecular formula is C4H9BNO. The molecule has 1 rings (SSSR count). The van der Waals surface area contributed by atoms with Crippen molar-refractivity contribution in [3.05, 3.63) is 0 Å². The second kappa shape index (κ2) is 2.33. The minimum absolute atomic E-state index is 0.869. The van der Waals surface area contributed by atoms with Gasteiger partial charge in [0.2, 0.25) is 7.41 Å². The van der Waals surface area contributed by atoms with E-state index in [2.05, 4.69) is 14.3 Å². The van der Waals surface area contributed by atoms with Gasteiger partial charge < -0.3 is 4.84 Å². The van der Waals surface area contributed by atoms with Crippen LogP contribution in [0.2, 0.25) is 6.32 Å². The maximum Gasteiger partial charge on any atom is 0.248 e. The highest BCUT2D eigenvalue weighted by Crippen LogP contribution is 1.99. The summed E-state index contributed by atoms with van der Waals surface area (Å²) in [4.78, 5) is 6.94. The smallest absolute Gasteiger partial charge is 0.248 e. The van der Waals surface area contributed by atoms with Crippen molar-refractivity contribution in [1.82, 2.24) is 4.97 Å². The molecule has 0 N–H and O–H groups in total. The van der Waals surface area contributed by atoms with Gasteiger partial charge in [-0.05, 0) is 6.32 Å². The number of hydrogen-bond donors (Lipinski definition) is 0. The molecule has 1 radical (unpaired) electrons. The normalized spacial score (nSPS) is 22.4. The summed E-state index contributed by atoms with van der Waals surface area (Å²) < 4.78 is 0. The molecule has 0 aliphatic carbocycles. The van der Waals surface area contributed by atoms with Crippen LogP contribution in [0.1, 0.15) is 6.92 Å². The standard InChI is InChI=1S/C4H9BNO/c1-2-6-5-3-4-7-6/h2-4H2,1H3. The minimum Gasteiger partial charge on any atom is -0.312 e. The first-order chi connectivity index (χ1) is 3.43. The summed E-state index contributed by atoms with van der Waals surface area (Å²) in [5.74, 6) is 0. The molecule has 0 aromatic rings. The Bertz CT molecular complexity index is 53.7. The van der Waals surface area contributed by atoms with E-state index in [1.165, 1.54) is 0 Å². The molecule has 2 nitrogen and oxygen atoms in total. The van der Waals surface area contributed by atoms with Crippen molar-refractivity contribution in [2.75, 3.05) is 13.2 Å².